The Bertz CT molecular complexity index is 803. The zero-order valence-corrected chi connectivity index (χ0v) is 13.0. The van der Waals surface area contributed by atoms with Crippen LogP contribution in [0.3, 0.4) is 0 Å². The first kappa shape index (κ1) is 15.6. The average molecular weight is 330 g/mol. The highest BCUT2D eigenvalue weighted by atomic mass is 16.5. The van der Waals surface area contributed by atoms with Gasteiger partial charge in [0.25, 0.3) is 11.8 Å². The summed E-state index contributed by atoms with van der Waals surface area (Å²) in [5.41, 5.74) is 0.289. The Labute approximate surface area is 137 Å². The third kappa shape index (κ3) is 3.37. The molecule has 0 fully saturated rings. The number of carbonyl (C=O) groups is 1. The van der Waals surface area contributed by atoms with Crippen LogP contribution in [0.2, 0.25) is 0 Å². The fourth-order valence-corrected chi connectivity index (χ4v) is 1.95. The Hall–Kier alpha value is -3.29. The molecular formula is C16H14N2O6. The lowest BCUT2D eigenvalue weighted by atomic mass is 10.2. The molecule has 3 rings (SSSR count). The molecule has 0 amide bonds. The summed E-state index contributed by atoms with van der Waals surface area (Å²) in [5, 5.41) is 7.62. The second-order valence-corrected chi connectivity index (χ2v) is 4.66. The van der Waals surface area contributed by atoms with Crippen LogP contribution < -0.4 is 9.47 Å². The summed E-state index contributed by atoms with van der Waals surface area (Å²) in [6.45, 7) is -0.161. The standard InChI is InChI=1S/C16H14N2O6/c1-20-11-6-10(7-12(8-11)21-2)16(19)23-9-14-17-18-15(24-14)13-4-3-5-22-13/h3-8H,9H2,1-2H3. The predicted octanol–water partition coefficient (Wildman–Crippen LogP) is 2.70. The van der Waals surface area contributed by atoms with Gasteiger partial charge in [-0.05, 0) is 24.3 Å². The highest BCUT2D eigenvalue weighted by molar-refractivity contribution is 5.90. The van der Waals surface area contributed by atoms with Gasteiger partial charge in [0, 0.05) is 6.07 Å². The van der Waals surface area contributed by atoms with E-state index in [1.807, 2.05) is 0 Å². The molecule has 0 bridgehead atoms. The van der Waals surface area contributed by atoms with Gasteiger partial charge < -0.3 is 23.0 Å². The van der Waals surface area contributed by atoms with Crippen LogP contribution in [-0.4, -0.2) is 30.4 Å². The number of methoxy groups -OCH3 is 2. The normalized spacial score (nSPS) is 10.4. The minimum atomic E-state index is -0.565. The molecule has 0 unspecified atom stereocenters. The SMILES string of the molecule is COc1cc(OC)cc(C(=O)OCc2nnc(-c3ccco3)o2)c1. The molecule has 0 saturated carbocycles. The van der Waals surface area contributed by atoms with E-state index >= 15 is 0 Å². The zero-order chi connectivity index (χ0) is 16.9. The van der Waals surface area contributed by atoms with E-state index in [4.69, 9.17) is 23.0 Å². The Kier molecular flexibility index (Phi) is 4.46. The van der Waals surface area contributed by atoms with Crippen molar-refractivity contribution in [2.45, 2.75) is 6.61 Å². The van der Waals surface area contributed by atoms with Gasteiger partial charge in [0.05, 0.1) is 26.0 Å². The van der Waals surface area contributed by atoms with Crippen molar-refractivity contribution in [3.8, 4) is 23.1 Å². The summed E-state index contributed by atoms with van der Waals surface area (Å²) in [6, 6.07) is 8.14. The van der Waals surface area contributed by atoms with Crippen molar-refractivity contribution in [3.05, 3.63) is 48.0 Å². The lowest BCUT2D eigenvalue weighted by Gasteiger charge is -2.07. The van der Waals surface area contributed by atoms with E-state index in [1.54, 1.807) is 30.3 Å². The van der Waals surface area contributed by atoms with Crippen LogP contribution in [-0.2, 0) is 11.3 Å². The van der Waals surface area contributed by atoms with Crippen LogP contribution in [0.4, 0.5) is 0 Å². The molecule has 2 aromatic heterocycles. The van der Waals surface area contributed by atoms with Crippen molar-refractivity contribution < 1.29 is 27.8 Å². The van der Waals surface area contributed by atoms with Gasteiger partial charge in [-0.2, -0.15) is 0 Å². The predicted molar refractivity (Wildman–Crippen MR) is 80.7 cm³/mol. The van der Waals surface area contributed by atoms with Crippen LogP contribution in [0.25, 0.3) is 11.7 Å². The van der Waals surface area contributed by atoms with E-state index in [-0.39, 0.29) is 24.0 Å². The fraction of sp³-hybridized carbons (Fsp3) is 0.188. The second-order valence-electron chi connectivity index (χ2n) is 4.66. The highest BCUT2D eigenvalue weighted by Crippen LogP contribution is 2.23. The maximum absolute atomic E-state index is 12.1. The molecule has 0 radical (unpaired) electrons. The number of esters is 1. The number of aromatic nitrogens is 2. The Morgan fingerprint density at radius 2 is 1.88 bits per heavy atom. The van der Waals surface area contributed by atoms with Gasteiger partial charge in [0.2, 0.25) is 0 Å². The first-order chi connectivity index (χ1) is 11.7. The molecular weight excluding hydrogens is 316 g/mol. The van der Waals surface area contributed by atoms with E-state index in [2.05, 4.69) is 10.2 Å². The van der Waals surface area contributed by atoms with Crippen molar-refractivity contribution in [1.29, 1.82) is 0 Å². The molecule has 1 aromatic carbocycles. The molecule has 0 N–H and O–H groups in total. The van der Waals surface area contributed by atoms with Gasteiger partial charge in [-0.25, -0.2) is 4.79 Å². The van der Waals surface area contributed by atoms with E-state index in [0.29, 0.717) is 17.3 Å². The summed E-state index contributed by atoms with van der Waals surface area (Å²) in [5.74, 6) is 1.22. The number of rotatable bonds is 6. The molecule has 0 spiro atoms. The lowest BCUT2D eigenvalue weighted by Crippen LogP contribution is -2.06. The van der Waals surface area contributed by atoms with Crippen molar-refractivity contribution in [2.24, 2.45) is 0 Å². The Balaban J connectivity index is 1.67. The van der Waals surface area contributed by atoms with Crippen molar-refractivity contribution in [1.82, 2.24) is 10.2 Å². The molecule has 24 heavy (non-hydrogen) atoms. The molecule has 8 heteroatoms. The topological polar surface area (TPSA) is 96.8 Å². The van der Waals surface area contributed by atoms with E-state index in [0.717, 1.165) is 0 Å². The number of hydrogen-bond donors (Lipinski definition) is 0. The molecule has 0 atom stereocenters. The maximum atomic E-state index is 12.1. The number of ether oxygens (including phenoxy) is 3. The maximum Gasteiger partial charge on any atom is 0.338 e. The van der Waals surface area contributed by atoms with Crippen LogP contribution >= 0.6 is 0 Å². The second kappa shape index (κ2) is 6.86. The number of hydrogen-bond acceptors (Lipinski definition) is 8. The molecule has 0 aliphatic heterocycles. The molecule has 0 saturated heterocycles. The minimum absolute atomic E-state index is 0.157. The average Bonchev–Trinajstić information content (AvgIpc) is 3.30. The number of nitrogens with zero attached hydrogens (tertiary/aromatic N) is 2. The third-order valence-electron chi connectivity index (χ3n) is 3.11. The van der Waals surface area contributed by atoms with Gasteiger partial charge in [0.1, 0.15) is 11.5 Å². The summed E-state index contributed by atoms with van der Waals surface area (Å²) < 4.78 is 25.9. The molecule has 8 nitrogen and oxygen atoms in total. The highest BCUT2D eigenvalue weighted by Gasteiger charge is 2.15. The van der Waals surface area contributed by atoms with E-state index < -0.39 is 5.97 Å². The largest absolute Gasteiger partial charge is 0.497 e. The quantitative estimate of drug-likeness (QED) is 0.636. The van der Waals surface area contributed by atoms with Crippen LogP contribution in [0.1, 0.15) is 16.2 Å². The van der Waals surface area contributed by atoms with Crippen LogP contribution in [0, 0.1) is 0 Å². The minimum Gasteiger partial charge on any atom is -0.497 e. The summed E-state index contributed by atoms with van der Waals surface area (Å²) in [6.07, 6.45) is 1.50. The monoisotopic (exact) mass is 330 g/mol. The molecule has 124 valence electrons. The molecule has 3 aromatic rings. The Morgan fingerprint density at radius 1 is 1.12 bits per heavy atom. The van der Waals surface area contributed by atoms with Gasteiger partial charge >= 0.3 is 5.97 Å². The smallest absolute Gasteiger partial charge is 0.338 e. The van der Waals surface area contributed by atoms with Crippen molar-refractivity contribution in [3.63, 3.8) is 0 Å². The zero-order valence-electron chi connectivity index (χ0n) is 13.0. The van der Waals surface area contributed by atoms with Crippen molar-refractivity contribution in [2.75, 3.05) is 14.2 Å². The lowest BCUT2D eigenvalue weighted by molar-refractivity contribution is 0.0438. The van der Waals surface area contributed by atoms with Gasteiger partial charge in [-0.3, -0.25) is 0 Å². The van der Waals surface area contributed by atoms with E-state index in [9.17, 15) is 4.79 Å². The molecule has 0 aliphatic carbocycles. The number of furan rings is 1. The number of carbonyl (C=O) groups excluding carboxylic acids is 1. The summed E-state index contributed by atoms with van der Waals surface area (Å²) in [4.78, 5) is 12.1. The van der Waals surface area contributed by atoms with Gasteiger partial charge in [-0.15, -0.1) is 10.2 Å². The molecule has 0 aliphatic rings. The summed E-state index contributed by atoms with van der Waals surface area (Å²) >= 11 is 0. The van der Waals surface area contributed by atoms with E-state index in [1.165, 1.54) is 20.5 Å². The Morgan fingerprint density at radius 3 is 2.50 bits per heavy atom. The number of benzene rings is 1. The third-order valence-corrected chi connectivity index (χ3v) is 3.11. The fourth-order valence-electron chi connectivity index (χ4n) is 1.95. The van der Waals surface area contributed by atoms with Gasteiger partial charge in [0.15, 0.2) is 12.4 Å². The first-order valence-corrected chi connectivity index (χ1v) is 6.96. The van der Waals surface area contributed by atoms with Crippen LogP contribution in [0.15, 0.2) is 45.4 Å². The van der Waals surface area contributed by atoms with Crippen LogP contribution in [0.5, 0.6) is 11.5 Å². The van der Waals surface area contributed by atoms with Gasteiger partial charge in [-0.1, -0.05) is 0 Å². The first-order valence-electron chi connectivity index (χ1n) is 6.96. The summed E-state index contributed by atoms with van der Waals surface area (Å²) in [7, 11) is 3.00. The molecule has 2 heterocycles. The van der Waals surface area contributed by atoms with Crippen molar-refractivity contribution >= 4 is 5.97 Å².